The van der Waals surface area contributed by atoms with Crippen molar-refractivity contribution in [2.24, 2.45) is 0 Å². The third-order valence-electron chi connectivity index (χ3n) is 7.82. The first-order chi connectivity index (χ1) is 19.0. The quantitative estimate of drug-likeness (QED) is 0.174. The van der Waals surface area contributed by atoms with Crippen molar-refractivity contribution in [3.63, 3.8) is 0 Å². The maximum absolute atomic E-state index is 2.47. The zero-order chi connectivity index (χ0) is 27.4. The van der Waals surface area contributed by atoms with E-state index in [4.69, 9.17) is 0 Å². The molecule has 0 N–H and O–H groups in total. The summed E-state index contributed by atoms with van der Waals surface area (Å²) in [5, 5.41) is 5.68. The summed E-state index contributed by atoms with van der Waals surface area (Å²) in [4.78, 5) is 0. The normalized spacial score (nSPS) is 12.6. The van der Waals surface area contributed by atoms with Crippen LogP contribution in [0.25, 0.3) is 27.1 Å². The van der Waals surface area contributed by atoms with Gasteiger partial charge in [0, 0.05) is 0 Å². The molecule has 5 aromatic rings. The third-order valence-corrected chi connectivity index (χ3v) is 9.24. The Bertz CT molecular complexity index is 1620. The first kappa shape index (κ1) is 27.5. The Kier molecular flexibility index (Phi) is 8.79. The van der Waals surface area contributed by atoms with E-state index in [1.54, 1.807) is 5.56 Å². The molecule has 1 heteroatoms. The van der Waals surface area contributed by atoms with Crippen molar-refractivity contribution < 1.29 is 24.2 Å². The van der Waals surface area contributed by atoms with E-state index >= 15 is 0 Å². The van der Waals surface area contributed by atoms with Crippen molar-refractivity contribution in [1.29, 1.82) is 0 Å². The van der Waals surface area contributed by atoms with Gasteiger partial charge in [0.2, 0.25) is 0 Å². The number of rotatable bonds is 6. The standard InChI is InChI=1S/C25H27.C13H10.Zr/c1-5-17-11-12-21-19(13-17)14-24-23(21)15-22(16(3)4)20(6-2)25(24)18-9-7-8-10-18;1-3-7-12(8-4-1)11-13-9-5-2-6-10-13;/h7-9,11-16H,5-6,10H2,1-4H3;1-10H;/q-1;;. The summed E-state index contributed by atoms with van der Waals surface area (Å²) in [6.45, 7) is 9.19. The Morgan fingerprint density at radius 1 is 0.821 bits per heavy atom. The molecule has 5 aromatic carbocycles. The van der Waals surface area contributed by atoms with Gasteiger partial charge in [-0.2, -0.15) is 0 Å². The molecule has 0 nitrogen and oxygen atoms in total. The molecule has 0 saturated heterocycles. The van der Waals surface area contributed by atoms with E-state index in [1.165, 1.54) is 82.4 Å². The van der Waals surface area contributed by atoms with Crippen LogP contribution in [0, 0.1) is 0 Å². The van der Waals surface area contributed by atoms with Crippen LogP contribution < -0.4 is 0 Å². The van der Waals surface area contributed by atoms with Gasteiger partial charge in [0.15, 0.2) is 0 Å². The maximum atomic E-state index is 2.47. The predicted molar refractivity (Wildman–Crippen MR) is 168 cm³/mol. The number of allylic oxidation sites excluding steroid dienone is 4. The van der Waals surface area contributed by atoms with E-state index in [0.717, 1.165) is 19.3 Å². The van der Waals surface area contributed by atoms with Crippen molar-refractivity contribution in [1.82, 2.24) is 0 Å². The second-order valence-corrected chi connectivity index (χ2v) is 11.9. The van der Waals surface area contributed by atoms with Crippen LogP contribution in [0.3, 0.4) is 0 Å². The molecule has 0 spiro atoms. The third kappa shape index (κ3) is 5.80. The molecule has 0 saturated carbocycles. The van der Waals surface area contributed by atoms with E-state index < -0.39 is 0 Å². The molecule has 6 rings (SSSR count). The van der Waals surface area contributed by atoms with Crippen LogP contribution in [-0.4, -0.2) is 3.21 Å². The van der Waals surface area contributed by atoms with Gasteiger partial charge in [-0.25, -0.2) is 0 Å². The minimum atomic E-state index is 0.549. The van der Waals surface area contributed by atoms with Crippen LogP contribution in [0.4, 0.5) is 0 Å². The first-order valence-corrected chi connectivity index (χ1v) is 15.5. The molecule has 0 heterocycles. The zero-order valence-corrected chi connectivity index (χ0v) is 26.0. The first-order valence-electron chi connectivity index (χ1n) is 14.2. The van der Waals surface area contributed by atoms with Gasteiger partial charge in [0.25, 0.3) is 0 Å². The van der Waals surface area contributed by atoms with Crippen LogP contribution in [-0.2, 0) is 37.1 Å². The van der Waals surface area contributed by atoms with Crippen molar-refractivity contribution in [2.45, 2.75) is 52.9 Å². The van der Waals surface area contributed by atoms with Gasteiger partial charge in [-0.05, 0) is 25.2 Å². The molecule has 0 radical (unpaired) electrons. The molecule has 0 aliphatic heterocycles. The fourth-order valence-electron chi connectivity index (χ4n) is 5.76. The monoisotopic (exact) mass is 583 g/mol. The predicted octanol–water partition coefficient (Wildman–Crippen LogP) is 10.1. The Labute approximate surface area is 248 Å². The van der Waals surface area contributed by atoms with Gasteiger partial charge in [0.05, 0.1) is 0 Å². The van der Waals surface area contributed by atoms with Crippen LogP contribution in [0.1, 0.15) is 73.4 Å². The van der Waals surface area contributed by atoms with Crippen molar-refractivity contribution >= 4 is 30.3 Å². The molecule has 194 valence electrons. The van der Waals surface area contributed by atoms with E-state index in [9.17, 15) is 0 Å². The fraction of sp³-hybridized carbons (Fsp3) is 0.211. The second kappa shape index (κ2) is 12.4. The average Bonchev–Trinajstić information content (AvgIpc) is 3.64. The molecule has 0 aromatic heterocycles. The molecule has 0 amide bonds. The van der Waals surface area contributed by atoms with E-state index in [2.05, 4.69) is 137 Å². The topological polar surface area (TPSA) is 0 Å². The van der Waals surface area contributed by atoms with Crippen LogP contribution >= 0.6 is 0 Å². The Hall–Kier alpha value is -3.02. The molecule has 1 aliphatic carbocycles. The van der Waals surface area contributed by atoms with Crippen LogP contribution in [0.2, 0.25) is 0 Å². The molecule has 0 unspecified atom stereocenters. The summed E-state index contributed by atoms with van der Waals surface area (Å²) in [5.41, 5.74) is 10.1. The Morgan fingerprint density at radius 3 is 2.03 bits per heavy atom. The van der Waals surface area contributed by atoms with Gasteiger partial charge < -0.3 is 0 Å². The summed E-state index contributed by atoms with van der Waals surface area (Å²) in [7, 11) is 0. The fourth-order valence-corrected chi connectivity index (χ4v) is 6.58. The molecular formula is C38H37Zr-. The number of fused-ring (bicyclic) bond motifs is 3. The summed E-state index contributed by atoms with van der Waals surface area (Å²) in [5.74, 6) is 0.549. The van der Waals surface area contributed by atoms with Gasteiger partial charge in [-0.3, -0.25) is 0 Å². The Balaban J connectivity index is 0.000000186. The minimum absolute atomic E-state index is 0.549. The average molecular weight is 585 g/mol. The van der Waals surface area contributed by atoms with Crippen molar-refractivity contribution in [3.8, 4) is 0 Å². The van der Waals surface area contributed by atoms with Gasteiger partial charge in [-0.1, -0.05) is 91.9 Å². The molecular weight excluding hydrogens is 548 g/mol. The molecule has 0 atom stereocenters. The van der Waals surface area contributed by atoms with E-state index in [1.807, 2.05) is 0 Å². The van der Waals surface area contributed by atoms with Gasteiger partial charge in [-0.15, -0.1) is 33.7 Å². The van der Waals surface area contributed by atoms with Gasteiger partial charge >= 0.3 is 99.2 Å². The zero-order valence-electron chi connectivity index (χ0n) is 23.6. The summed E-state index contributed by atoms with van der Waals surface area (Å²) >= 11 is 1.46. The summed E-state index contributed by atoms with van der Waals surface area (Å²) < 4.78 is 1.42. The van der Waals surface area contributed by atoms with E-state index in [-0.39, 0.29) is 0 Å². The number of benzene rings is 4. The van der Waals surface area contributed by atoms with E-state index in [0.29, 0.717) is 5.92 Å². The number of hydrogen-bond acceptors (Lipinski definition) is 0. The molecule has 0 bridgehead atoms. The second-order valence-electron chi connectivity index (χ2n) is 10.6. The molecule has 39 heavy (non-hydrogen) atoms. The van der Waals surface area contributed by atoms with Crippen LogP contribution in [0.15, 0.2) is 109 Å². The summed E-state index contributed by atoms with van der Waals surface area (Å²) in [6.07, 6.45) is 10.0. The molecule has 1 aliphatic rings. The number of aryl methyl sites for hydroxylation is 1. The Morgan fingerprint density at radius 2 is 1.49 bits per heavy atom. The van der Waals surface area contributed by atoms with Gasteiger partial charge in [0.1, 0.15) is 0 Å². The SMILES string of the molecule is CCc1ccc2c(c1)[cH-]c1c(C3=CC=CC3)c(CC)c(C(C)C)cc12.[Zr]=[C](c1ccccc1)c1ccccc1. The van der Waals surface area contributed by atoms with Crippen molar-refractivity contribution in [2.75, 3.05) is 0 Å². The molecule has 0 fully saturated rings. The summed E-state index contributed by atoms with van der Waals surface area (Å²) in [6, 6.07) is 33.0. The number of hydrogen-bond donors (Lipinski definition) is 0. The van der Waals surface area contributed by atoms with Crippen LogP contribution in [0.5, 0.6) is 0 Å². The van der Waals surface area contributed by atoms with Crippen molar-refractivity contribution in [3.05, 3.63) is 143 Å².